The molecular weight excluding hydrogens is 284 g/mol. The van der Waals surface area contributed by atoms with E-state index < -0.39 is 0 Å². The van der Waals surface area contributed by atoms with Gasteiger partial charge in [0.2, 0.25) is 5.91 Å². The fourth-order valence-corrected chi connectivity index (χ4v) is 3.13. The molecule has 1 aromatic heterocycles. The molecule has 0 aliphatic carbocycles. The fourth-order valence-electron chi connectivity index (χ4n) is 1.54. The Morgan fingerprint density at radius 1 is 1.47 bits per heavy atom. The Hall–Kier alpha value is -1.60. The molecule has 19 heavy (non-hydrogen) atoms. The summed E-state index contributed by atoms with van der Waals surface area (Å²) >= 11 is 2.44. The highest BCUT2D eigenvalue weighted by atomic mass is 32.2. The minimum atomic E-state index is -0.297. The molecule has 0 bridgehead atoms. The van der Waals surface area contributed by atoms with E-state index in [1.165, 1.54) is 18.3 Å². The highest BCUT2D eigenvalue weighted by Gasteiger charge is 2.34. The van der Waals surface area contributed by atoms with Crippen molar-refractivity contribution in [2.75, 3.05) is 13.1 Å². The first-order chi connectivity index (χ1) is 9.08. The lowest BCUT2D eigenvalue weighted by Crippen LogP contribution is -2.36. The Morgan fingerprint density at radius 2 is 2.26 bits per heavy atom. The van der Waals surface area contributed by atoms with Gasteiger partial charge in [0.15, 0.2) is 0 Å². The lowest BCUT2D eigenvalue weighted by Gasteiger charge is -2.11. The first kappa shape index (κ1) is 13.8. The molecule has 0 aromatic carbocycles. The summed E-state index contributed by atoms with van der Waals surface area (Å²) in [4.78, 5) is 37.0. The number of hydrogen-bond acceptors (Lipinski definition) is 5. The minimum Gasteiger partial charge on any atom is -0.355 e. The Morgan fingerprint density at radius 3 is 2.89 bits per heavy atom. The first-order valence-electron chi connectivity index (χ1n) is 5.61. The third-order valence-corrected chi connectivity index (χ3v) is 4.13. The summed E-state index contributed by atoms with van der Waals surface area (Å²) in [5.74, 6) is -0.477. The van der Waals surface area contributed by atoms with Crippen LogP contribution in [0.5, 0.6) is 0 Å². The van der Waals surface area contributed by atoms with Crippen molar-refractivity contribution in [3.05, 3.63) is 27.3 Å². The molecule has 1 saturated heterocycles. The van der Waals surface area contributed by atoms with Gasteiger partial charge in [-0.15, -0.1) is 11.3 Å². The quantitative estimate of drug-likeness (QED) is 0.862. The Balaban J connectivity index is 2.02. The lowest BCUT2D eigenvalue weighted by atomic mass is 10.3. The molecule has 0 spiro atoms. The van der Waals surface area contributed by atoms with Gasteiger partial charge in [0.25, 0.3) is 11.1 Å². The van der Waals surface area contributed by atoms with Crippen LogP contribution in [0.3, 0.4) is 0 Å². The van der Waals surface area contributed by atoms with Crippen LogP contribution in [0.1, 0.15) is 11.8 Å². The predicted molar refractivity (Wildman–Crippen MR) is 75.7 cm³/mol. The maximum Gasteiger partial charge on any atom is 0.293 e. The maximum atomic E-state index is 12.0. The van der Waals surface area contributed by atoms with E-state index in [4.69, 9.17) is 0 Å². The number of thioether (sulfide) groups is 1. The molecule has 0 radical (unpaired) electrons. The van der Waals surface area contributed by atoms with Crippen molar-refractivity contribution in [1.82, 2.24) is 10.2 Å². The smallest absolute Gasteiger partial charge is 0.293 e. The molecule has 1 fully saturated rings. The molecule has 1 aliphatic heterocycles. The summed E-state index contributed by atoms with van der Waals surface area (Å²) in [7, 11) is 0. The molecule has 1 N–H and O–H groups in total. The number of nitrogens with one attached hydrogen (secondary N) is 1. The van der Waals surface area contributed by atoms with Gasteiger partial charge in [-0.25, -0.2) is 0 Å². The van der Waals surface area contributed by atoms with E-state index in [0.717, 1.165) is 21.5 Å². The van der Waals surface area contributed by atoms with Gasteiger partial charge >= 0.3 is 0 Å². The third-order valence-electron chi connectivity index (χ3n) is 2.40. The number of carbonyl (C=O) groups excluding carboxylic acids is 3. The van der Waals surface area contributed by atoms with Gasteiger partial charge in [-0.2, -0.15) is 0 Å². The average molecular weight is 296 g/mol. The van der Waals surface area contributed by atoms with Crippen molar-refractivity contribution < 1.29 is 14.4 Å². The highest BCUT2D eigenvalue weighted by Crippen LogP contribution is 2.32. The van der Waals surface area contributed by atoms with E-state index >= 15 is 0 Å². The molecule has 100 valence electrons. The highest BCUT2D eigenvalue weighted by molar-refractivity contribution is 8.18. The van der Waals surface area contributed by atoms with E-state index in [2.05, 4.69) is 5.32 Å². The first-order valence-corrected chi connectivity index (χ1v) is 7.31. The lowest BCUT2D eigenvalue weighted by molar-refractivity contribution is -0.123. The van der Waals surface area contributed by atoms with Gasteiger partial charge in [-0.05, 0) is 29.3 Å². The van der Waals surface area contributed by atoms with Gasteiger partial charge in [0.1, 0.15) is 0 Å². The van der Waals surface area contributed by atoms with Crippen LogP contribution in [0, 0.1) is 0 Å². The van der Waals surface area contributed by atoms with Crippen LogP contribution in [0.25, 0.3) is 6.08 Å². The molecule has 0 atom stereocenters. The second-order valence-electron chi connectivity index (χ2n) is 3.83. The van der Waals surface area contributed by atoms with E-state index in [9.17, 15) is 14.4 Å². The van der Waals surface area contributed by atoms with Gasteiger partial charge in [-0.3, -0.25) is 19.3 Å². The zero-order valence-corrected chi connectivity index (χ0v) is 11.8. The third kappa shape index (κ3) is 3.45. The van der Waals surface area contributed by atoms with E-state index in [-0.39, 0.29) is 30.1 Å². The van der Waals surface area contributed by atoms with Crippen molar-refractivity contribution in [2.45, 2.75) is 6.92 Å². The van der Waals surface area contributed by atoms with Gasteiger partial charge < -0.3 is 5.32 Å². The summed E-state index contributed by atoms with van der Waals surface area (Å²) in [5.41, 5.74) is 0. The van der Waals surface area contributed by atoms with Crippen molar-refractivity contribution >= 4 is 46.2 Å². The Bertz CT molecular complexity index is 537. The Labute approximate surface area is 118 Å². The molecule has 3 amide bonds. The second-order valence-corrected chi connectivity index (χ2v) is 5.80. The largest absolute Gasteiger partial charge is 0.355 e. The molecule has 5 nitrogen and oxygen atoms in total. The number of hydrogen-bond donors (Lipinski definition) is 1. The Kier molecular flexibility index (Phi) is 4.39. The monoisotopic (exact) mass is 296 g/mol. The van der Waals surface area contributed by atoms with Gasteiger partial charge in [0, 0.05) is 24.9 Å². The molecule has 2 rings (SSSR count). The molecule has 7 heteroatoms. The van der Waals surface area contributed by atoms with Crippen LogP contribution < -0.4 is 5.32 Å². The van der Waals surface area contributed by atoms with Gasteiger partial charge in [-0.1, -0.05) is 6.07 Å². The van der Waals surface area contributed by atoms with Crippen LogP contribution in [-0.2, 0) is 9.59 Å². The zero-order valence-electron chi connectivity index (χ0n) is 10.2. The topological polar surface area (TPSA) is 66.5 Å². The normalized spacial score (nSPS) is 17.3. The van der Waals surface area contributed by atoms with Crippen LogP contribution >= 0.6 is 23.1 Å². The summed E-state index contributed by atoms with van der Waals surface area (Å²) in [6.07, 6.45) is 1.72. The number of amides is 3. The average Bonchev–Trinajstić information content (AvgIpc) is 2.93. The standard InChI is InChI=1S/C12H12N2O3S2/c1-8(15)13-4-5-14-11(16)10(19-12(14)17)7-9-3-2-6-18-9/h2-3,6-7H,4-5H2,1H3,(H,13,15)/b10-7+. The summed E-state index contributed by atoms with van der Waals surface area (Å²) < 4.78 is 0. The number of nitrogens with zero attached hydrogens (tertiary/aromatic N) is 1. The van der Waals surface area contributed by atoms with Crippen molar-refractivity contribution in [3.63, 3.8) is 0 Å². The minimum absolute atomic E-state index is 0.180. The van der Waals surface area contributed by atoms with Crippen LogP contribution in [-0.4, -0.2) is 35.0 Å². The van der Waals surface area contributed by atoms with Crippen LogP contribution in [0.15, 0.2) is 22.4 Å². The number of carbonyl (C=O) groups is 3. The molecule has 1 aromatic rings. The van der Waals surface area contributed by atoms with E-state index in [0.29, 0.717) is 4.91 Å². The summed E-state index contributed by atoms with van der Waals surface area (Å²) in [5, 5.41) is 4.18. The second kappa shape index (κ2) is 6.03. The molecule has 1 aliphatic rings. The van der Waals surface area contributed by atoms with Crippen molar-refractivity contribution in [1.29, 1.82) is 0 Å². The maximum absolute atomic E-state index is 12.0. The molecular formula is C12H12N2O3S2. The van der Waals surface area contributed by atoms with Crippen LogP contribution in [0.4, 0.5) is 4.79 Å². The number of imide groups is 1. The summed E-state index contributed by atoms with van der Waals surface area (Å²) in [6.45, 7) is 1.87. The number of thiophene rings is 1. The van der Waals surface area contributed by atoms with Crippen molar-refractivity contribution in [2.24, 2.45) is 0 Å². The predicted octanol–water partition coefficient (Wildman–Crippen LogP) is 1.92. The molecule has 2 heterocycles. The zero-order chi connectivity index (χ0) is 13.8. The summed E-state index contributed by atoms with van der Waals surface area (Å²) in [6, 6.07) is 3.77. The van der Waals surface area contributed by atoms with Crippen molar-refractivity contribution in [3.8, 4) is 0 Å². The van der Waals surface area contributed by atoms with E-state index in [1.54, 1.807) is 6.08 Å². The SMILES string of the molecule is CC(=O)NCCN1C(=O)S/C(=C/c2cccs2)C1=O. The number of rotatable bonds is 4. The van der Waals surface area contributed by atoms with Gasteiger partial charge in [0.05, 0.1) is 4.91 Å². The fraction of sp³-hybridized carbons (Fsp3) is 0.250. The van der Waals surface area contributed by atoms with E-state index in [1.807, 2.05) is 17.5 Å². The molecule has 0 unspecified atom stereocenters. The van der Waals surface area contributed by atoms with Crippen LogP contribution in [0.2, 0.25) is 0 Å². The molecule has 0 saturated carbocycles.